The number of non-ortho nitro benzene ring substituents is 1. The Morgan fingerprint density at radius 1 is 1.26 bits per heavy atom. The molecule has 1 N–H and O–H groups in total. The van der Waals surface area contributed by atoms with Gasteiger partial charge in [-0.2, -0.15) is 0 Å². The van der Waals surface area contributed by atoms with E-state index in [1.165, 1.54) is 18.4 Å². The maximum atomic E-state index is 12.7. The molecule has 8 heteroatoms. The molecule has 1 aliphatic heterocycles. The van der Waals surface area contributed by atoms with Crippen LogP contribution < -0.4 is 5.32 Å². The number of hydrogen-bond acceptors (Lipinski definition) is 6. The molecule has 152 valence electrons. The normalized spacial score (nSPS) is 18.4. The lowest BCUT2D eigenvalue weighted by Gasteiger charge is -2.41. The lowest BCUT2D eigenvalue weighted by Crippen LogP contribution is -2.52. The first-order valence-electron chi connectivity index (χ1n) is 9.62. The van der Waals surface area contributed by atoms with Crippen LogP contribution in [-0.4, -0.2) is 55.5 Å². The summed E-state index contributed by atoms with van der Waals surface area (Å²) < 4.78 is 25.4. The lowest BCUT2D eigenvalue weighted by molar-refractivity contribution is -0.384. The Bertz CT molecular complexity index is 715. The smallest absolute Gasteiger partial charge is 0.269 e. The van der Waals surface area contributed by atoms with Gasteiger partial charge in [-0.25, -0.2) is 8.42 Å². The van der Waals surface area contributed by atoms with E-state index in [0.29, 0.717) is 6.42 Å². The Balaban J connectivity index is 2.22. The van der Waals surface area contributed by atoms with Crippen LogP contribution in [0, 0.1) is 16.0 Å². The summed E-state index contributed by atoms with van der Waals surface area (Å²) >= 11 is 0. The lowest BCUT2D eigenvalue weighted by atomic mass is 9.95. The molecule has 7 nitrogen and oxygen atoms in total. The second-order valence-electron chi connectivity index (χ2n) is 7.52. The molecule has 1 heterocycles. The van der Waals surface area contributed by atoms with E-state index in [-0.39, 0.29) is 17.6 Å². The van der Waals surface area contributed by atoms with Crippen molar-refractivity contribution < 1.29 is 13.3 Å². The summed E-state index contributed by atoms with van der Waals surface area (Å²) in [4.78, 5) is 12.6. The summed E-state index contributed by atoms with van der Waals surface area (Å²) in [6.45, 7) is 6.54. The van der Waals surface area contributed by atoms with Gasteiger partial charge < -0.3 is 5.32 Å². The van der Waals surface area contributed by atoms with Crippen molar-refractivity contribution in [2.75, 3.05) is 25.9 Å². The zero-order valence-corrected chi connectivity index (χ0v) is 17.2. The third-order valence-corrected chi connectivity index (χ3v) is 6.81. The largest absolute Gasteiger partial charge is 0.317 e. The van der Waals surface area contributed by atoms with Crippen LogP contribution in [0.4, 0.5) is 5.69 Å². The van der Waals surface area contributed by atoms with Crippen LogP contribution in [0.5, 0.6) is 0 Å². The fourth-order valence-corrected chi connectivity index (χ4v) is 5.84. The first-order chi connectivity index (χ1) is 12.7. The van der Waals surface area contributed by atoms with E-state index in [0.717, 1.165) is 44.5 Å². The third kappa shape index (κ3) is 5.99. The van der Waals surface area contributed by atoms with Gasteiger partial charge in [-0.3, -0.25) is 15.0 Å². The number of nitro groups is 1. The summed E-state index contributed by atoms with van der Waals surface area (Å²) in [7, 11) is -3.23. The number of nitrogens with zero attached hydrogens (tertiary/aromatic N) is 2. The minimum Gasteiger partial charge on any atom is -0.317 e. The highest BCUT2D eigenvalue weighted by Crippen LogP contribution is 2.28. The Kier molecular flexibility index (Phi) is 7.76. The van der Waals surface area contributed by atoms with Crippen LogP contribution in [0.15, 0.2) is 24.3 Å². The van der Waals surface area contributed by atoms with Crippen molar-refractivity contribution >= 4 is 15.5 Å². The molecule has 2 unspecified atom stereocenters. The van der Waals surface area contributed by atoms with Gasteiger partial charge in [0, 0.05) is 24.4 Å². The SMILES string of the molecule is CCCN(C(C)Cc1ccc([N+](=O)[O-])cc1)C(C1CCNCC1)S(C)(=O)=O. The van der Waals surface area contributed by atoms with Gasteiger partial charge in [0.1, 0.15) is 5.37 Å². The zero-order valence-electron chi connectivity index (χ0n) is 16.4. The molecular weight excluding hydrogens is 366 g/mol. The molecule has 1 saturated heterocycles. The topological polar surface area (TPSA) is 92.5 Å². The number of nitro benzene ring substituents is 1. The number of sulfone groups is 1. The summed E-state index contributed by atoms with van der Waals surface area (Å²) in [6.07, 6.45) is 4.61. The Morgan fingerprint density at radius 2 is 1.85 bits per heavy atom. The Hall–Kier alpha value is -1.51. The number of nitrogens with one attached hydrogen (secondary N) is 1. The number of benzene rings is 1. The molecule has 2 rings (SSSR count). The van der Waals surface area contributed by atoms with Crippen LogP contribution in [0.2, 0.25) is 0 Å². The number of rotatable bonds is 9. The number of hydrogen-bond donors (Lipinski definition) is 1. The molecule has 27 heavy (non-hydrogen) atoms. The molecule has 0 spiro atoms. The van der Waals surface area contributed by atoms with Gasteiger partial charge in [0.05, 0.1) is 4.92 Å². The minimum atomic E-state index is -3.23. The van der Waals surface area contributed by atoms with Crippen LogP contribution in [0.3, 0.4) is 0 Å². The molecule has 1 aromatic rings. The standard InChI is InChI=1S/C19H31N3O4S/c1-4-13-21(19(27(3,25)26)17-9-11-20-12-10-17)15(2)14-16-5-7-18(8-6-16)22(23)24/h5-8,15,17,19-20H,4,9-14H2,1-3H3. The summed E-state index contributed by atoms with van der Waals surface area (Å²) in [5.41, 5.74) is 1.05. The van der Waals surface area contributed by atoms with Gasteiger partial charge in [0.15, 0.2) is 9.84 Å². The molecule has 0 aromatic heterocycles. The highest BCUT2D eigenvalue weighted by Gasteiger charge is 2.37. The van der Waals surface area contributed by atoms with Crippen molar-refractivity contribution in [3.63, 3.8) is 0 Å². The Labute approximate surface area is 162 Å². The van der Waals surface area contributed by atoms with Gasteiger partial charge in [0.25, 0.3) is 5.69 Å². The zero-order chi connectivity index (χ0) is 20.0. The van der Waals surface area contributed by atoms with Crippen molar-refractivity contribution in [2.45, 2.75) is 50.9 Å². The quantitative estimate of drug-likeness (QED) is 0.509. The maximum Gasteiger partial charge on any atom is 0.269 e. The fraction of sp³-hybridized carbons (Fsp3) is 0.684. The average molecular weight is 398 g/mol. The predicted molar refractivity (Wildman–Crippen MR) is 107 cm³/mol. The van der Waals surface area contributed by atoms with E-state index in [2.05, 4.69) is 24.1 Å². The molecular formula is C19H31N3O4S. The van der Waals surface area contributed by atoms with Crippen LogP contribution in [0.1, 0.15) is 38.7 Å². The summed E-state index contributed by atoms with van der Waals surface area (Å²) in [6, 6.07) is 6.57. The summed E-state index contributed by atoms with van der Waals surface area (Å²) in [5, 5.41) is 13.7. The maximum absolute atomic E-state index is 12.7. The molecule has 1 aromatic carbocycles. The van der Waals surface area contributed by atoms with Crippen molar-refractivity contribution in [3.05, 3.63) is 39.9 Å². The number of piperidine rings is 1. The predicted octanol–water partition coefficient (Wildman–Crippen LogP) is 2.61. The van der Waals surface area contributed by atoms with E-state index in [9.17, 15) is 18.5 Å². The molecule has 0 amide bonds. The first kappa shape index (κ1) is 21.8. The van der Waals surface area contributed by atoms with E-state index in [4.69, 9.17) is 0 Å². The van der Waals surface area contributed by atoms with Crippen molar-refractivity contribution in [2.24, 2.45) is 5.92 Å². The molecule has 1 fully saturated rings. The molecule has 0 bridgehead atoms. The molecule has 0 saturated carbocycles. The second-order valence-corrected chi connectivity index (χ2v) is 9.66. The third-order valence-electron chi connectivity index (χ3n) is 5.28. The van der Waals surface area contributed by atoms with Crippen LogP contribution >= 0.6 is 0 Å². The molecule has 0 radical (unpaired) electrons. The van der Waals surface area contributed by atoms with Crippen LogP contribution in [-0.2, 0) is 16.3 Å². The van der Waals surface area contributed by atoms with Gasteiger partial charge in [-0.15, -0.1) is 0 Å². The highest BCUT2D eigenvalue weighted by molar-refractivity contribution is 7.91. The van der Waals surface area contributed by atoms with Gasteiger partial charge in [-0.1, -0.05) is 19.1 Å². The van der Waals surface area contributed by atoms with E-state index in [1.807, 2.05) is 0 Å². The molecule has 0 aliphatic carbocycles. The fourth-order valence-electron chi connectivity index (χ4n) is 4.06. The van der Waals surface area contributed by atoms with Crippen LogP contribution in [0.25, 0.3) is 0 Å². The van der Waals surface area contributed by atoms with E-state index >= 15 is 0 Å². The Morgan fingerprint density at radius 3 is 2.33 bits per heavy atom. The van der Waals surface area contributed by atoms with Crippen molar-refractivity contribution in [1.82, 2.24) is 10.2 Å². The summed E-state index contributed by atoms with van der Waals surface area (Å²) in [5.74, 6) is 0.132. The van der Waals surface area contributed by atoms with Crippen molar-refractivity contribution in [3.8, 4) is 0 Å². The minimum absolute atomic E-state index is 0.0287. The van der Waals surface area contributed by atoms with E-state index < -0.39 is 20.1 Å². The average Bonchev–Trinajstić information content (AvgIpc) is 2.61. The van der Waals surface area contributed by atoms with Gasteiger partial charge in [0.2, 0.25) is 0 Å². The highest BCUT2D eigenvalue weighted by atomic mass is 32.2. The molecule has 1 aliphatic rings. The van der Waals surface area contributed by atoms with Gasteiger partial charge >= 0.3 is 0 Å². The molecule has 2 atom stereocenters. The van der Waals surface area contributed by atoms with E-state index in [1.54, 1.807) is 12.1 Å². The monoisotopic (exact) mass is 397 g/mol. The van der Waals surface area contributed by atoms with Gasteiger partial charge in [-0.05, 0) is 63.7 Å². The first-order valence-corrected chi connectivity index (χ1v) is 11.6. The second kappa shape index (κ2) is 9.61. The van der Waals surface area contributed by atoms with Crippen molar-refractivity contribution in [1.29, 1.82) is 0 Å².